The van der Waals surface area contributed by atoms with E-state index in [1.165, 1.54) is 24.2 Å². The third kappa shape index (κ3) is 3.57. The molecule has 0 saturated heterocycles. The number of rotatable bonds is 6. The van der Waals surface area contributed by atoms with Crippen LogP contribution in [-0.4, -0.2) is 21.0 Å². The van der Waals surface area contributed by atoms with Gasteiger partial charge in [-0.15, -0.1) is 11.3 Å². The van der Waals surface area contributed by atoms with E-state index >= 15 is 0 Å². The van der Waals surface area contributed by atoms with Crippen LogP contribution in [-0.2, 0) is 12.8 Å². The highest BCUT2D eigenvalue weighted by molar-refractivity contribution is 7.09. The van der Waals surface area contributed by atoms with E-state index in [0.29, 0.717) is 24.5 Å². The molecule has 1 aliphatic carbocycles. The standard InChI is InChI=1S/C18H16ClN3OS/c19-13-5-1-11(2-6-13)7-18-20-16(10-24-18)17(23)9-14-8-15(22-21-14)12-3-4-12/h1-2,5-6,8,10,12H,3-4,7,9H2,(H,21,22). The molecule has 4 nitrogen and oxygen atoms in total. The summed E-state index contributed by atoms with van der Waals surface area (Å²) >= 11 is 7.41. The molecule has 4 rings (SSSR count). The first-order chi connectivity index (χ1) is 11.7. The molecule has 6 heteroatoms. The van der Waals surface area contributed by atoms with E-state index in [2.05, 4.69) is 15.2 Å². The fraction of sp³-hybridized carbons (Fsp3) is 0.278. The average molecular weight is 358 g/mol. The van der Waals surface area contributed by atoms with Crippen molar-refractivity contribution in [2.75, 3.05) is 0 Å². The molecule has 0 amide bonds. The molecule has 1 saturated carbocycles. The van der Waals surface area contributed by atoms with Crippen molar-refractivity contribution in [3.8, 4) is 0 Å². The molecular weight excluding hydrogens is 342 g/mol. The molecule has 1 N–H and O–H groups in total. The SMILES string of the molecule is O=C(Cc1cc(C2CC2)n[nH]1)c1csc(Cc2ccc(Cl)cc2)n1. The van der Waals surface area contributed by atoms with Gasteiger partial charge < -0.3 is 0 Å². The fourth-order valence-corrected chi connectivity index (χ4v) is 3.58. The van der Waals surface area contributed by atoms with Crippen LogP contribution in [0.4, 0.5) is 0 Å². The first-order valence-corrected chi connectivity index (χ1v) is 9.19. The molecule has 1 fully saturated rings. The van der Waals surface area contributed by atoms with Gasteiger partial charge in [-0.2, -0.15) is 5.10 Å². The summed E-state index contributed by atoms with van der Waals surface area (Å²) in [6.45, 7) is 0. The van der Waals surface area contributed by atoms with Gasteiger partial charge in [-0.1, -0.05) is 23.7 Å². The summed E-state index contributed by atoms with van der Waals surface area (Å²) in [4.78, 5) is 16.9. The molecule has 0 aliphatic heterocycles. The lowest BCUT2D eigenvalue weighted by atomic mass is 10.1. The summed E-state index contributed by atoms with van der Waals surface area (Å²) in [5.41, 5.74) is 3.62. The molecule has 0 atom stereocenters. The number of H-pyrrole nitrogens is 1. The number of nitrogens with zero attached hydrogens (tertiary/aromatic N) is 2. The maximum Gasteiger partial charge on any atom is 0.187 e. The molecule has 0 spiro atoms. The van der Waals surface area contributed by atoms with Gasteiger partial charge in [0.15, 0.2) is 5.78 Å². The summed E-state index contributed by atoms with van der Waals surface area (Å²) in [6.07, 6.45) is 3.45. The van der Waals surface area contributed by atoms with Gasteiger partial charge in [0.1, 0.15) is 5.69 Å². The Morgan fingerprint density at radius 2 is 2.08 bits per heavy atom. The van der Waals surface area contributed by atoms with Gasteiger partial charge in [-0.05, 0) is 36.6 Å². The summed E-state index contributed by atoms with van der Waals surface area (Å²) in [6, 6.07) is 9.71. The van der Waals surface area contributed by atoms with Crippen LogP contribution in [0.1, 0.15) is 51.2 Å². The Kier molecular flexibility index (Phi) is 4.21. The van der Waals surface area contributed by atoms with Gasteiger partial charge in [0.05, 0.1) is 17.1 Å². The van der Waals surface area contributed by atoms with E-state index in [1.807, 2.05) is 35.7 Å². The number of hydrogen-bond donors (Lipinski definition) is 1. The predicted octanol–water partition coefficient (Wildman–Crippen LogP) is 4.41. The number of ketones is 1. The van der Waals surface area contributed by atoms with Gasteiger partial charge in [0, 0.05) is 28.4 Å². The number of thiazole rings is 1. The summed E-state index contributed by atoms with van der Waals surface area (Å²) in [5, 5.41) is 10.8. The Morgan fingerprint density at radius 3 is 2.83 bits per heavy atom. The summed E-state index contributed by atoms with van der Waals surface area (Å²) in [7, 11) is 0. The second-order valence-electron chi connectivity index (χ2n) is 6.12. The molecule has 1 aromatic carbocycles. The van der Waals surface area contributed by atoms with Gasteiger partial charge in [-0.25, -0.2) is 4.98 Å². The zero-order valence-electron chi connectivity index (χ0n) is 13.0. The van der Waals surface area contributed by atoms with Crippen LogP contribution in [0.3, 0.4) is 0 Å². The van der Waals surface area contributed by atoms with Gasteiger partial charge in [-0.3, -0.25) is 9.89 Å². The molecule has 24 heavy (non-hydrogen) atoms. The zero-order chi connectivity index (χ0) is 16.5. The van der Waals surface area contributed by atoms with Crippen molar-refractivity contribution < 1.29 is 4.79 Å². The first-order valence-electron chi connectivity index (χ1n) is 7.93. The van der Waals surface area contributed by atoms with Crippen molar-refractivity contribution in [1.29, 1.82) is 0 Å². The highest BCUT2D eigenvalue weighted by atomic mass is 35.5. The monoisotopic (exact) mass is 357 g/mol. The van der Waals surface area contributed by atoms with Crippen LogP contribution < -0.4 is 0 Å². The van der Waals surface area contributed by atoms with Gasteiger partial charge >= 0.3 is 0 Å². The van der Waals surface area contributed by atoms with Crippen molar-refractivity contribution in [2.45, 2.75) is 31.6 Å². The average Bonchev–Trinajstić information content (AvgIpc) is 3.14. The molecule has 2 aromatic heterocycles. The van der Waals surface area contributed by atoms with Crippen LogP contribution in [0, 0.1) is 0 Å². The molecule has 0 unspecified atom stereocenters. The number of Topliss-reactive ketones (excluding diaryl/α,β-unsaturated/α-hetero) is 1. The number of carbonyl (C=O) groups excluding carboxylic acids is 1. The van der Waals surface area contributed by atoms with Crippen molar-refractivity contribution in [2.24, 2.45) is 0 Å². The lowest BCUT2D eigenvalue weighted by Crippen LogP contribution is -2.04. The van der Waals surface area contributed by atoms with E-state index < -0.39 is 0 Å². The fourth-order valence-electron chi connectivity index (χ4n) is 2.62. The van der Waals surface area contributed by atoms with E-state index in [1.54, 1.807) is 0 Å². The predicted molar refractivity (Wildman–Crippen MR) is 95.0 cm³/mol. The zero-order valence-corrected chi connectivity index (χ0v) is 14.5. The van der Waals surface area contributed by atoms with Gasteiger partial charge in [0.25, 0.3) is 0 Å². The number of nitrogens with one attached hydrogen (secondary N) is 1. The van der Waals surface area contributed by atoms with Crippen molar-refractivity contribution in [3.05, 3.63) is 68.4 Å². The lowest BCUT2D eigenvalue weighted by molar-refractivity contribution is 0.0987. The Bertz CT molecular complexity index is 865. The molecule has 3 aromatic rings. The molecule has 122 valence electrons. The Balaban J connectivity index is 1.41. The first kappa shape index (κ1) is 15.5. The van der Waals surface area contributed by atoms with Gasteiger partial charge in [0.2, 0.25) is 0 Å². The minimum atomic E-state index is 0.0274. The van der Waals surface area contributed by atoms with E-state index in [0.717, 1.165) is 27.0 Å². The van der Waals surface area contributed by atoms with Crippen LogP contribution >= 0.6 is 22.9 Å². The molecule has 1 aliphatic rings. The van der Waals surface area contributed by atoms with E-state index in [9.17, 15) is 4.79 Å². The van der Waals surface area contributed by atoms with Crippen LogP contribution in [0.5, 0.6) is 0 Å². The van der Waals surface area contributed by atoms with E-state index in [4.69, 9.17) is 11.6 Å². The highest BCUT2D eigenvalue weighted by Gasteiger charge is 2.26. The second-order valence-corrected chi connectivity index (χ2v) is 7.50. The molecule has 0 bridgehead atoms. The topological polar surface area (TPSA) is 58.6 Å². The number of aromatic nitrogens is 3. The number of benzene rings is 1. The Morgan fingerprint density at radius 1 is 1.29 bits per heavy atom. The Labute approximate surface area is 148 Å². The summed E-state index contributed by atoms with van der Waals surface area (Å²) < 4.78 is 0. The van der Waals surface area contributed by atoms with Crippen LogP contribution in [0.2, 0.25) is 5.02 Å². The Hall–Kier alpha value is -1.98. The molecule has 0 radical (unpaired) electrons. The number of hydrogen-bond acceptors (Lipinski definition) is 4. The maximum absolute atomic E-state index is 12.4. The second kappa shape index (κ2) is 6.49. The highest BCUT2D eigenvalue weighted by Crippen LogP contribution is 2.39. The number of halogens is 1. The van der Waals surface area contributed by atoms with Crippen LogP contribution in [0.15, 0.2) is 35.7 Å². The quantitative estimate of drug-likeness (QED) is 0.664. The van der Waals surface area contributed by atoms with Crippen molar-refractivity contribution >= 4 is 28.7 Å². The smallest absolute Gasteiger partial charge is 0.187 e. The summed E-state index contributed by atoms with van der Waals surface area (Å²) in [5.74, 6) is 0.620. The number of aromatic amines is 1. The third-order valence-corrected chi connectivity index (χ3v) is 5.20. The van der Waals surface area contributed by atoms with Crippen LogP contribution in [0.25, 0.3) is 0 Å². The van der Waals surface area contributed by atoms with Crippen molar-refractivity contribution in [1.82, 2.24) is 15.2 Å². The minimum absolute atomic E-state index is 0.0274. The van der Waals surface area contributed by atoms with E-state index in [-0.39, 0.29) is 5.78 Å². The third-order valence-electron chi connectivity index (χ3n) is 4.10. The largest absolute Gasteiger partial charge is 0.292 e. The maximum atomic E-state index is 12.4. The molecule has 2 heterocycles. The minimum Gasteiger partial charge on any atom is -0.292 e. The van der Waals surface area contributed by atoms with Crippen molar-refractivity contribution in [3.63, 3.8) is 0 Å². The lowest BCUT2D eigenvalue weighted by Gasteiger charge is -1.98. The molecular formula is C18H16ClN3OS. The normalized spacial score (nSPS) is 14.0. The number of carbonyl (C=O) groups is 1.